The third-order valence-electron chi connectivity index (χ3n) is 5.11. The van der Waals surface area contributed by atoms with Crippen molar-refractivity contribution in [1.82, 2.24) is 14.8 Å². The van der Waals surface area contributed by atoms with Gasteiger partial charge in [-0.15, -0.1) is 0 Å². The maximum atomic E-state index is 13.1. The van der Waals surface area contributed by atoms with E-state index in [1.54, 1.807) is 16.8 Å². The first-order valence-electron chi connectivity index (χ1n) is 9.22. The van der Waals surface area contributed by atoms with Crippen LogP contribution in [0.3, 0.4) is 0 Å². The second-order valence-electron chi connectivity index (χ2n) is 6.91. The number of rotatable bonds is 4. The van der Waals surface area contributed by atoms with Crippen LogP contribution in [0.4, 0.5) is 0 Å². The number of H-pyrrole nitrogens is 2. The maximum Gasteiger partial charge on any atom is 0.334 e. The molecule has 0 saturated heterocycles. The second kappa shape index (κ2) is 7.52. The van der Waals surface area contributed by atoms with E-state index in [2.05, 4.69) is 10.2 Å². The van der Waals surface area contributed by atoms with Crippen LogP contribution in [0.1, 0.15) is 43.7 Å². The molecule has 0 aliphatic heterocycles. The lowest BCUT2D eigenvalue weighted by atomic mass is 9.97. The van der Waals surface area contributed by atoms with E-state index in [-0.39, 0.29) is 17.6 Å². The van der Waals surface area contributed by atoms with Crippen molar-refractivity contribution in [3.05, 3.63) is 63.2 Å². The van der Waals surface area contributed by atoms with Crippen LogP contribution in [0.25, 0.3) is 10.9 Å². The van der Waals surface area contributed by atoms with E-state index in [0.717, 1.165) is 31.2 Å². The Kier molecular flexibility index (Phi) is 4.94. The minimum absolute atomic E-state index is 0.0500. The Morgan fingerprint density at radius 1 is 1.11 bits per heavy atom. The van der Waals surface area contributed by atoms with Gasteiger partial charge < -0.3 is 9.30 Å². The number of carbonyl (C=O) groups is 1. The zero-order valence-electron chi connectivity index (χ0n) is 14.8. The summed E-state index contributed by atoms with van der Waals surface area (Å²) in [5.41, 5.74) is 1.10. The number of aromatic nitrogens is 3. The lowest BCUT2D eigenvalue weighted by Crippen LogP contribution is -2.29. The van der Waals surface area contributed by atoms with Crippen LogP contribution < -0.4 is 5.56 Å². The van der Waals surface area contributed by atoms with Crippen molar-refractivity contribution in [2.75, 3.05) is 0 Å². The van der Waals surface area contributed by atoms with Crippen molar-refractivity contribution in [1.29, 1.82) is 0 Å². The zero-order valence-corrected chi connectivity index (χ0v) is 15.6. The van der Waals surface area contributed by atoms with Gasteiger partial charge >= 0.3 is 5.97 Å². The first-order valence-corrected chi connectivity index (χ1v) is 9.63. The van der Waals surface area contributed by atoms with Gasteiger partial charge in [-0.1, -0.05) is 49.0 Å². The summed E-state index contributed by atoms with van der Waals surface area (Å²) in [4.78, 5) is 25.3. The van der Waals surface area contributed by atoms with E-state index in [0.29, 0.717) is 15.5 Å². The first-order chi connectivity index (χ1) is 13.1. The van der Waals surface area contributed by atoms with Crippen LogP contribution in [0, 0.1) is 4.64 Å². The quantitative estimate of drug-likeness (QED) is 0.530. The highest BCUT2D eigenvalue weighted by Gasteiger charge is 2.28. The molecular weight excluding hydrogens is 362 g/mol. The average Bonchev–Trinajstić information content (AvgIpc) is 3.07. The molecule has 2 aromatic heterocycles. The number of hydrogen-bond acceptors (Lipinski definition) is 4. The van der Waals surface area contributed by atoms with Gasteiger partial charge in [-0.2, -0.15) is 0 Å². The van der Waals surface area contributed by atoms with E-state index in [4.69, 9.17) is 17.0 Å². The molecule has 1 saturated carbocycles. The predicted molar refractivity (Wildman–Crippen MR) is 105 cm³/mol. The highest BCUT2D eigenvalue weighted by molar-refractivity contribution is 7.71. The summed E-state index contributed by atoms with van der Waals surface area (Å²) in [5, 5.41) is 5.71. The number of aromatic amines is 2. The number of fused-ring (bicyclic) bond motifs is 1. The summed E-state index contributed by atoms with van der Waals surface area (Å²) in [6.07, 6.45) is 6.83. The van der Waals surface area contributed by atoms with Gasteiger partial charge in [0.05, 0.1) is 5.52 Å². The second-order valence-corrected chi connectivity index (χ2v) is 7.29. The SMILES string of the molecule is O=C(OC1CCCCC1)C(c1ccccc1)n1ccc2[nH][nH]c(=O)c2c1=S. The van der Waals surface area contributed by atoms with Crippen molar-refractivity contribution in [2.24, 2.45) is 0 Å². The molecule has 0 amide bonds. The lowest BCUT2D eigenvalue weighted by molar-refractivity contribution is -0.153. The fourth-order valence-corrected chi connectivity index (χ4v) is 4.09. The highest BCUT2D eigenvalue weighted by Crippen LogP contribution is 2.26. The number of hydrogen-bond donors (Lipinski definition) is 2. The summed E-state index contributed by atoms with van der Waals surface area (Å²) in [5.74, 6) is -0.337. The molecular formula is C20H21N3O3S. The largest absolute Gasteiger partial charge is 0.461 e. The summed E-state index contributed by atoms with van der Waals surface area (Å²) in [7, 11) is 0. The number of carbonyl (C=O) groups excluding carboxylic acids is 1. The molecule has 1 aliphatic rings. The predicted octanol–water partition coefficient (Wildman–Crippen LogP) is 3.85. The number of nitrogens with one attached hydrogen (secondary N) is 2. The minimum atomic E-state index is -0.723. The first kappa shape index (κ1) is 17.7. The monoisotopic (exact) mass is 383 g/mol. The Hall–Kier alpha value is -2.67. The van der Waals surface area contributed by atoms with Crippen molar-refractivity contribution < 1.29 is 9.53 Å². The molecule has 0 bridgehead atoms. The number of pyridine rings is 1. The van der Waals surface area contributed by atoms with Crippen LogP contribution in [0.5, 0.6) is 0 Å². The van der Waals surface area contributed by atoms with Crippen molar-refractivity contribution in [3.63, 3.8) is 0 Å². The number of nitrogens with zero attached hydrogens (tertiary/aromatic N) is 1. The molecule has 0 radical (unpaired) electrons. The molecule has 140 valence electrons. The van der Waals surface area contributed by atoms with E-state index in [1.807, 2.05) is 30.3 Å². The molecule has 3 aromatic rings. The molecule has 1 atom stereocenters. The Morgan fingerprint density at radius 2 is 1.85 bits per heavy atom. The average molecular weight is 383 g/mol. The van der Waals surface area contributed by atoms with Crippen molar-refractivity contribution >= 4 is 29.1 Å². The molecule has 6 nitrogen and oxygen atoms in total. The Balaban J connectivity index is 1.78. The van der Waals surface area contributed by atoms with E-state index in [9.17, 15) is 9.59 Å². The molecule has 7 heteroatoms. The van der Waals surface area contributed by atoms with E-state index in [1.165, 1.54) is 6.42 Å². The minimum Gasteiger partial charge on any atom is -0.461 e. The number of esters is 1. The standard InChI is InChI=1S/C20H21N3O3S/c24-18-16-15(21-22-18)11-12-23(19(16)27)17(13-7-3-1-4-8-13)20(25)26-14-9-5-2-6-10-14/h1,3-4,7-8,11-12,14,17H,2,5-6,9-10H2,(H2,21,22,24). The van der Waals surface area contributed by atoms with Crippen LogP contribution in [-0.2, 0) is 9.53 Å². The number of benzene rings is 1. The summed E-state index contributed by atoms with van der Waals surface area (Å²) < 4.78 is 7.80. The van der Waals surface area contributed by atoms with Gasteiger partial charge in [0, 0.05) is 6.20 Å². The smallest absolute Gasteiger partial charge is 0.334 e. The molecule has 4 rings (SSSR count). The molecule has 2 N–H and O–H groups in total. The Labute approximate surface area is 161 Å². The topological polar surface area (TPSA) is 79.9 Å². The fourth-order valence-electron chi connectivity index (χ4n) is 3.72. The third-order valence-corrected chi connectivity index (χ3v) is 5.52. The number of ether oxygens (including phenoxy) is 1. The summed E-state index contributed by atoms with van der Waals surface area (Å²) >= 11 is 5.55. The van der Waals surface area contributed by atoms with Crippen LogP contribution in [-0.4, -0.2) is 26.8 Å². The maximum absolute atomic E-state index is 13.1. The Bertz CT molecular complexity index is 1060. The van der Waals surface area contributed by atoms with Gasteiger partial charge in [-0.3, -0.25) is 15.0 Å². The molecule has 1 aromatic carbocycles. The molecule has 2 heterocycles. The van der Waals surface area contributed by atoms with Gasteiger partial charge in [0.1, 0.15) is 16.1 Å². The zero-order chi connectivity index (χ0) is 18.8. The van der Waals surface area contributed by atoms with E-state index >= 15 is 0 Å². The summed E-state index contributed by atoms with van der Waals surface area (Å²) in [6.45, 7) is 0. The van der Waals surface area contributed by atoms with Gasteiger partial charge in [-0.05, 0) is 37.3 Å². The third kappa shape index (κ3) is 3.47. The van der Waals surface area contributed by atoms with Gasteiger partial charge in [-0.25, -0.2) is 4.79 Å². The Morgan fingerprint density at radius 3 is 2.59 bits per heavy atom. The molecule has 0 spiro atoms. The van der Waals surface area contributed by atoms with Gasteiger partial charge in [0.15, 0.2) is 6.04 Å². The van der Waals surface area contributed by atoms with Gasteiger partial charge in [0.2, 0.25) is 0 Å². The fraction of sp³-hybridized carbons (Fsp3) is 0.350. The normalized spacial score (nSPS) is 16.3. The summed E-state index contributed by atoms with van der Waals surface area (Å²) in [6, 6.07) is 10.4. The molecule has 1 fully saturated rings. The molecule has 27 heavy (non-hydrogen) atoms. The van der Waals surface area contributed by atoms with Gasteiger partial charge in [0.25, 0.3) is 5.56 Å². The van der Waals surface area contributed by atoms with E-state index < -0.39 is 6.04 Å². The highest BCUT2D eigenvalue weighted by atomic mass is 32.1. The van der Waals surface area contributed by atoms with Crippen molar-refractivity contribution in [2.45, 2.75) is 44.2 Å². The van der Waals surface area contributed by atoms with Crippen LogP contribution >= 0.6 is 12.2 Å². The molecule has 1 unspecified atom stereocenters. The molecule has 1 aliphatic carbocycles. The van der Waals surface area contributed by atoms with Crippen LogP contribution in [0.2, 0.25) is 0 Å². The van der Waals surface area contributed by atoms with Crippen molar-refractivity contribution in [3.8, 4) is 0 Å². The van der Waals surface area contributed by atoms with Crippen LogP contribution in [0.15, 0.2) is 47.4 Å². The lowest BCUT2D eigenvalue weighted by Gasteiger charge is -2.26.